The van der Waals surface area contributed by atoms with Crippen LogP contribution in [0.3, 0.4) is 0 Å². The molecule has 0 bridgehead atoms. The highest BCUT2D eigenvalue weighted by Gasteiger charge is 2.35. The molecule has 0 saturated carbocycles. The lowest BCUT2D eigenvalue weighted by Gasteiger charge is -2.38. The molecule has 0 fully saturated rings. The Kier molecular flexibility index (Phi) is 9.62. The third-order valence-corrected chi connectivity index (χ3v) is 7.52. The van der Waals surface area contributed by atoms with Gasteiger partial charge in [-0.2, -0.15) is 0 Å². The molecule has 0 radical (unpaired) electrons. The van der Waals surface area contributed by atoms with Crippen molar-refractivity contribution in [2.75, 3.05) is 24.6 Å². The maximum atomic E-state index is 13.0. The minimum Gasteiger partial charge on any atom is -0.463 e. The molecule has 39 heavy (non-hydrogen) atoms. The lowest BCUT2D eigenvalue weighted by molar-refractivity contribution is -0.137. The van der Waals surface area contributed by atoms with E-state index in [9.17, 15) is 18.0 Å². The van der Waals surface area contributed by atoms with Gasteiger partial charge in [0, 0.05) is 19.0 Å². The molecule has 1 aliphatic carbocycles. The molecule has 1 aliphatic rings. The van der Waals surface area contributed by atoms with Crippen molar-refractivity contribution in [3.63, 3.8) is 0 Å². The summed E-state index contributed by atoms with van der Waals surface area (Å²) in [5, 5.41) is 0.853. The molecule has 212 valence electrons. The van der Waals surface area contributed by atoms with E-state index in [1.165, 1.54) is 17.1 Å². The molecule has 0 aliphatic heterocycles. The zero-order valence-corrected chi connectivity index (χ0v) is 25.2. The number of fused-ring (bicyclic) bond motifs is 1. The van der Waals surface area contributed by atoms with Crippen LogP contribution in [0.15, 0.2) is 36.4 Å². The molecule has 2 aromatic rings. The maximum Gasteiger partial charge on any atom is 0.410 e. The van der Waals surface area contributed by atoms with Crippen LogP contribution in [0.4, 0.5) is 10.5 Å². The number of benzene rings is 2. The van der Waals surface area contributed by atoms with Crippen LogP contribution in [0.25, 0.3) is 6.08 Å². The van der Waals surface area contributed by atoms with Crippen LogP contribution in [0, 0.1) is 0 Å². The van der Waals surface area contributed by atoms with Crippen LogP contribution < -0.4 is 4.72 Å². The van der Waals surface area contributed by atoms with Crippen molar-refractivity contribution in [1.82, 2.24) is 4.90 Å². The molecular weight excluding hydrogens is 563 g/mol. The molecule has 0 spiro atoms. The SMILES string of the molecule is CCOC(=O)/C=C/c1cc2c(cc1NS(C)(=O)=O)[C@@H](N(C)C(=O)OC(C)(C)C)CC[C@H]2c1ccc(Cl)c(Cl)c1. The highest BCUT2D eigenvalue weighted by Crippen LogP contribution is 2.46. The summed E-state index contributed by atoms with van der Waals surface area (Å²) in [6.45, 7) is 7.29. The normalized spacial score (nSPS) is 17.4. The van der Waals surface area contributed by atoms with Crippen molar-refractivity contribution in [2.45, 2.75) is 58.1 Å². The second-order valence-electron chi connectivity index (χ2n) is 10.4. The van der Waals surface area contributed by atoms with E-state index in [1.807, 2.05) is 18.2 Å². The average molecular weight is 598 g/mol. The lowest BCUT2D eigenvalue weighted by atomic mass is 9.75. The van der Waals surface area contributed by atoms with Crippen molar-refractivity contribution < 1.29 is 27.5 Å². The Labute approximate surface area is 240 Å². The number of ether oxygens (including phenoxy) is 2. The molecular formula is C28H34Cl2N2O6S. The quantitative estimate of drug-likeness (QED) is 0.279. The predicted octanol–water partition coefficient (Wildman–Crippen LogP) is 6.77. The van der Waals surface area contributed by atoms with Gasteiger partial charge in [0.2, 0.25) is 10.0 Å². The highest BCUT2D eigenvalue weighted by molar-refractivity contribution is 7.92. The molecule has 3 rings (SSSR count). The number of amides is 1. The molecule has 0 saturated heterocycles. The molecule has 0 unspecified atom stereocenters. The zero-order chi connectivity index (χ0) is 29.1. The number of sulfonamides is 1. The summed E-state index contributed by atoms with van der Waals surface area (Å²) >= 11 is 12.5. The van der Waals surface area contributed by atoms with Gasteiger partial charge >= 0.3 is 12.1 Å². The van der Waals surface area contributed by atoms with E-state index in [0.717, 1.165) is 22.9 Å². The van der Waals surface area contributed by atoms with Crippen molar-refractivity contribution in [1.29, 1.82) is 0 Å². The Bertz CT molecular complexity index is 1390. The summed E-state index contributed by atoms with van der Waals surface area (Å²) in [5.74, 6) is -0.677. The second kappa shape index (κ2) is 12.2. The van der Waals surface area contributed by atoms with Crippen LogP contribution in [-0.4, -0.2) is 50.9 Å². The topological polar surface area (TPSA) is 102 Å². The van der Waals surface area contributed by atoms with Crippen molar-refractivity contribution >= 4 is 57.1 Å². The number of carbonyl (C=O) groups excluding carboxylic acids is 2. The summed E-state index contributed by atoms with van der Waals surface area (Å²) in [5.41, 5.74) is 2.60. The first-order valence-corrected chi connectivity index (χ1v) is 15.2. The lowest BCUT2D eigenvalue weighted by Crippen LogP contribution is -2.38. The number of rotatable bonds is 7. The first kappa shape index (κ1) is 30.8. The minimum atomic E-state index is -3.67. The number of halogens is 2. The smallest absolute Gasteiger partial charge is 0.410 e. The van der Waals surface area contributed by atoms with Crippen molar-refractivity contribution in [2.24, 2.45) is 0 Å². The minimum absolute atomic E-state index is 0.125. The van der Waals surface area contributed by atoms with Gasteiger partial charge in [0.1, 0.15) is 5.60 Å². The Hall–Kier alpha value is -2.75. The molecule has 11 heteroatoms. The molecule has 2 atom stereocenters. The fraction of sp³-hybridized carbons (Fsp3) is 0.429. The Balaban J connectivity index is 2.21. The fourth-order valence-electron chi connectivity index (χ4n) is 4.59. The van der Waals surface area contributed by atoms with Gasteiger partial charge in [-0.1, -0.05) is 29.3 Å². The molecule has 0 aromatic heterocycles. The zero-order valence-electron chi connectivity index (χ0n) is 22.9. The fourth-order valence-corrected chi connectivity index (χ4v) is 5.47. The molecule has 2 aromatic carbocycles. The standard InChI is InChI=1S/C28H34Cl2N2O6S/c1-7-37-26(33)13-9-18-14-20-19(17-8-11-22(29)23(30)15-17)10-12-25(32(5)27(34)38-28(2,3)4)21(20)16-24(18)31-39(6,35)36/h8-9,11,13-16,19,25,31H,7,10,12H2,1-6H3/b13-9+/t19-,25-/m0/s1. The van der Waals surface area contributed by atoms with E-state index in [0.29, 0.717) is 28.5 Å². The molecule has 1 N–H and O–H groups in total. The summed E-state index contributed by atoms with van der Waals surface area (Å²) in [6.07, 6.45) is 4.58. The Morgan fingerprint density at radius 1 is 1.10 bits per heavy atom. The van der Waals surface area contributed by atoms with Gasteiger partial charge in [0.25, 0.3) is 0 Å². The van der Waals surface area contributed by atoms with Crippen LogP contribution in [0.2, 0.25) is 10.0 Å². The van der Waals surface area contributed by atoms with E-state index < -0.39 is 33.7 Å². The van der Waals surface area contributed by atoms with E-state index in [1.54, 1.807) is 46.9 Å². The van der Waals surface area contributed by atoms with Gasteiger partial charge in [-0.15, -0.1) is 0 Å². The Morgan fingerprint density at radius 2 is 1.79 bits per heavy atom. The first-order valence-electron chi connectivity index (χ1n) is 12.5. The first-order chi connectivity index (χ1) is 18.1. The van der Waals surface area contributed by atoms with E-state index in [-0.39, 0.29) is 18.2 Å². The summed E-state index contributed by atoms with van der Waals surface area (Å²) in [6, 6.07) is 8.61. The maximum absolute atomic E-state index is 13.0. The van der Waals surface area contributed by atoms with Crippen molar-refractivity contribution in [3.8, 4) is 0 Å². The number of nitrogens with one attached hydrogen (secondary N) is 1. The van der Waals surface area contributed by atoms with E-state index in [2.05, 4.69) is 4.72 Å². The third-order valence-electron chi connectivity index (χ3n) is 6.19. The number of carbonyl (C=O) groups is 2. The number of hydrogen-bond acceptors (Lipinski definition) is 6. The largest absolute Gasteiger partial charge is 0.463 e. The molecule has 1 amide bonds. The summed E-state index contributed by atoms with van der Waals surface area (Å²) in [7, 11) is -2.00. The van der Waals surface area contributed by atoms with Gasteiger partial charge in [0.15, 0.2) is 0 Å². The number of hydrogen-bond donors (Lipinski definition) is 1. The van der Waals surface area contributed by atoms with Gasteiger partial charge in [-0.3, -0.25) is 4.72 Å². The number of nitrogens with zero attached hydrogens (tertiary/aromatic N) is 1. The van der Waals surface area contributed by atoms with Crippen LogP contribution in [0.5, 0.6) is 0 Å². The van der Waals surface area contributed by atoms with Gasteiger partial charge in [-0.25, -0.2) is 18.0 Å². The second-order valence-corrected chi connectivity index (χ2v) is 13.0. The number of esters is 1. The summed E-state index contributed by atoms with van der Waals surface area (Å²) in [4.78, 5) is 26.6. The van der Waals surface area contributed by atoms with E-state index in [4.69, 9.17) is 32.7 Å². The van der Waals surface area contributed by atoms with Gasteiger partial charge in [-0.05, 0) is 93.1 Å². The number of anilines is 1. The van der Waals surface area contributed by atoms with Crippen LogP contribution in [0.1, 0.15) is 74.8 Å². The monoisotopic (exact) mass is 596 g/mol. The highest BCUT2D eigenvalue weighted by atomic mass is 35.5. The molecule has 0 heterocycles. The average Bonchev–Trinajstić information content (AvgIpc) is 2.81. The third kappa shape index (κ3) is 8.13. The summed E-state index contributed by atoms with van der Waals surface area (Å²) < 4.78 is 37.7. The Morgan fingerprint density at radius 3 is 2.38 bits per heavy atom. The van der Waals surface area contributed by atoms with Crippen LogP contribution in [-0.2, 0) is 24.3 Å². The van der Waals surface area contributed by atoms with E-state index >= 15 is 0 Å². The molecule has 8 nitrogen and oxygen atoms in total. The van der Waals surface area contributed by atoms with Gasteiger partial charge in [0.05, 0.1) is 34.6 Å². The van der Waals surface area contributed by atoms with Crippen LogP contribution >= 0.6 is 23.2 Å². The van der Waals surface area contributed by atoms with Crippen molar-refractivity contribution in [3.05, 3.63) is 68.7 Å². The predicted molar refractivity (Wildman–Crippen MR) is 155 cm³/mol. The van der Waals surface area contributed by atoms with Gasteiger partial charge < -0.3 is 14.4 Å².